The van der Waals surface area contributed by atoms with E-state index in [0.29, 0.717) is 16.3 Å². The van der Waals surface area contributed by atoms with Gasteiger partial charge in [-0.25, -0.2) is 0 Å². The normalized spacial score (nSPS) is 12.0. The lowest BCUT2D eigenvalue weighted by molar-refractivity contribution is -0.385. The molecule has 2 aromatic rings. The Kier molecular flexibility index (Phi) is 4.45. The summed E-state index contributed by atoms with van der Waals surface area (Å²) in [5, 5.41) is 21.2. The third-order valence-corrected chi connectivity index (χ3v) is 3.44. The molecule has 1 atom stereocenters. The van der Waals surface area contributed by atoms with Crippen molar-refractivity contribution in [3.63, 3.8) is 0 Å². The first-order valence-corrected chi connectivity index (χ1v) is 6.66. The number of aliphatic hydroxyl groups excluding tert-OH is 1. The van der Waals surface area contributed by atoms with Gasteiger partial charge in [0.15, 0.2) is 0 Å². The van der Waals surface area contributed by atoms with Crippen LogP contribution in [0.5, 0.6) is 11.5 Å². The zero-order valence-electron chi connectivity index (χ0n) is 11.5. The van der Waals surface area contributed by atoms with Crippen molar-refractivity contribution in [1.82, 2.24) is 0 Å². The number of halogens is 1. The molecule has 0 radical (unpaired) electrons. The maximum Gasteiger partial charge on any atom is 0.311 e. The molecule has 0 aliphatic rings. The second-order valence-electron chi connectivity index (χ2n) is 4.67. The lowest BCUT2D eigenvalue weighted by Gasteiger charge is -2.10. The van der Waals surface area contributed by atoms with Crippen LogP contribution >= 0.6 is 11.6 Å². The van der Waals surface area contributed by atoms with Gasteiger partial charge >= 0.3 is 5.69 Å². The van der Waals surface area contributed by atoms with E-state index < -0.39 is 11.0 Å². The van der Waals surface area contributed by atoms with E-state index >= 15 is 0 Å². The van der Waals surface area contributed by atoms with Crippen molar-refractivity contribution < 1.29 is 14.8 Å². The molecule has 0 aliphatic carbocycles. The molecule has 1 N–H and O–H groups in total. The lowest BCUT2D eigenvalue weighted by atomic mass is 10.1. The van der Waals surface area contributed by atoms with Crippen LogP contribution in [0.3, 0.4) is 0 Å². The van der Waals surface area contributed by atoms with Gasteiger partial charge in [-0.05, 0) is 49.2 Å². The Bertz CT molecular complexity index is 685. The van der Waals surface area contributed by atoms with Crippen molar-refractivity contribution in [2.24, 2.45) is 0 Å². The van der Waals surface area contributed by atoms with E-state index in [1.165, 1.54) is 12.1 Å². The van der Waals surface area contributed by atoms with E-state index in [1.54, 1.807) is 31.2 Å². The van der Waals surface area contributed by atoms with Gasteiger partial charge in [-0.1, -0.05) is 17.7 Å². The molecule has 0 amide bonds. The Morgan fingerprint density at radius 2 is 2.00 bits per heavy atom. The summed E-state index contributed by atoms with van der Waals surface area (Å²) in [5.41, 5.74) is 1.08. The predicted octanol–water partition coefficient (Wildman–Crippen LogP) is 4.40. The van der Waals surface area contributed by atoms with Crippen LogP contribution < -0.4 is 4.74 Å². The number of nitro benzene ring substituents is 1. The first-order valence-electron chi connectivity index (χ1n) is 6.29. The van der Waals surface area contributed by atoms with Crippen LogP contribution in [-0.2, 0) is 0 Å². The first-order chi connectivity index (χ1) is 9.88. The zero-order valence-corrected chi connectivity index (χ0v) is 12.3. The van der Waals surface area contributed by atoms with Crippen LogP contribution in [0.25, 0.3) is 0 Å². The molecule has 0 aromatic heterocycles. The van der Waals surface area contributed by atoms with Gasteiger partial charge in [0, 0.05) is 11.1 Å². The van der Waals surface area contributed by atoms with E-state index in [1.807, 2.05) is 6.92 Å². The van der Waals surface area contributed by atoms with E-state index in [2.05, 4.69) is 0 Å². The number of benzene rings is 2. The van der Waals surface area contributed by atoms with Crippen LogP contribution in [0.4, 0.5) is 5.69 Å². The molecule has 0 unspecified atom stereocenters. The number of hydrogen-bond acceptors (Lipinski definition) is 4. The van der Waals surface area contributed by atoms with Crippen molar-refractivity contribution in [2.45, 2.75) is 20.0 Å². The Labute approximate surface area is 126 Å². The number of nitro groups is 1. The molecule has 0 bridgehead atoms. The highest BCUT2D eigenvalue weighted by molar-refractivity contribution is 6.31. The van der Waals surface area contributed by atoms with Gasteiger partial charge < -0.3 is 9.84 Å². The summed E-state index contributed by atoms with van der Waals surface area (Å²) in [6, 6.07) is 9.39. The van der Waals surface area contributed by atoms with Crippen LogP contribution in [0.2, 0.25) is 5.02 Å². The van der Waals surface area contributed by atoms with Crippen molar-refractivity contribution in [2.75, 3.05) is 0 Å². The standard InChI is InChI=1S/C15H14ClNO4/c1-9-7-12(4-5-13(9)16)21-15-6-3-11(10(2)18)8-14(15)17(19)20/h3-8,10,18H,1-2H3/t10-/m1/s1. The second-order valence-corrected chi connectivity index (χ2v) is 5.08. The quantitative estimate of drug-likeness (QED) is 0.671. The summed E-state index contributed by atoms with van der Waals surface area (Å²) < 4.78 is 5.56. The van der Waals surface area contributed by atoms with Gasteiger partial charge in [-0.2, -0.15) is 0 Å². The summed E-state index contributed by atoms with van der Waals surface area (Å²) in [5.74, 6) is 0.580. The van der Waals surface area contributed by atoms with Crippen molar-refractivity contribution in [3.8, 4) is 11.5 Å². The molecule has 5 nitrogen and oxygen atoms in total. The SMILES string of the molecule is Cc1cc(Oc2ccc([C@@H](C)O)cc2[N+](=O)[O-])ccc1Cl. The van der Waals surface area contributed by atoms with E-state index in [4.69, 9.17) is 16.3 Å². The Hall–Kier alpha value is -2.11. The summed E-state index contributed by atoms with van der Waals surface area (Å²) in [6.45, 7) is 3.36. The average molecular weight is 308 g/mol. The summed E-state index contributed by atoms with van der Waals surface area (Å²) in [4.78, 5) is 10.6. The third-order valence-electron chi connectivity index (χ3n) is 3.02. The molecule has 2 aromatic carbocycles. The predicted molar refractivity (Wildman–Crippen MR) is 80.0 cm³/mol. The Morgan fingerprint density at radius 3 is 2.57 bits per heavy atom. The number of rotatable bonds is 4. The van der Waals surface area contributed by atoms with E-state index in [9.17, 15) is 15.2 Å². The maximum atomic E-state index is 11.1. The van der Waals surface area contributed by atoms with Crippen molar-refractivity contribution in [1.29, 1.82) is 0 Å². The Morgan fingerprint density at radius 1 is 1.29 bits per heavy atom. The number of aliphatic hydroxyl groups is 1. The molecule has 2 rings (SSSR count). The van der Waals surface area contributed by atoms with Crippen LogP contribution in [0.1, 0.15) is 24.2 Å². The number of ether oxygens (including phenoxy) is 1. The van der Waals surface area contributed by atoms with Gasteiger partial charge in [0.1, 0.15) is 5.75 Å². The first kappa shape index (κ1) is 15.3. The highest BCUT2D eigenvalue weighted by Gasteiger charge is 2.18. The highest BCUT2D eigenvalue weighted by atomic mass is 35.5. The molecule has 0 saturated carbocycles. The second kappa shape index (κ2) is 6.11. The largest absolute Gasteiger partial charge is 0.450 e. The summed E-state index contributed by atoms with van der Waals surface area (Å²) in [6.07, 6.45) is -0.782. The minimum atomic E-state index is -0.782. The van der Waals surface area contributed by atoms with Gasteiger partial charge in [-0.15, -0.1) is 0 Å². The third kappa shape index (κ3) is 3.51. The van der Waals surface area contributed by atoms with Gasteiger partial charge in [-0.3, -0.25) is 10.1 Å². The van der Waals surface area contributed by atoms with Gasteiger partial charge in [0.2, 0.25) is 5.75 Å². The lowest BCUT2D eigenvalue weighted by Crippen LogP contribution is -1.97. The van der Waals surface area contributed by atoms with Crippen molar-refractivity contribution >= 4 is 17.3 Å². The molecule has 0 heterocycles. The molecule has 0 fully saturated rings. The monoisotopic (exact) mass is 307 g/mol. The summed E-state index contributed by atoms with van der Waals surface area (Å²) >= 11 is 5.93. The maximum absolute atomic E-state index is 11.1. The minimum absolute atomic E-state index is 0.117. The van der Waals surface area contributed by atoms with Gasteiger partial charge in [0.25, 0.3) is 0 Å². The number of aryl methyl sites for hydroxylation is 1. The van der Waals surface area contributed by atoms with Crippen LogP contribution in [0.15, 0.2) is 36.4 Å². The summed E-state index contributed by atoms with van der Waals surface area (Å²) in [7, 11) is 0. The highest BCUT2D eigenvalue weighted by Crippen LogP contribution is 2.34. The molecular weight excluding hydrogens is 294 g/mol. The fourth-order valence-corrected chi connectivity index (χ4v) is 1.95. The molecule has 0 saturated heterocycles. The zero-order chi connectivity index (χ0) is 15.6. The van der Waals surface area contributed by atoms with E-state index in [0.717, 1.165) is 5.56 Å². The fourth-order valence-electron chi connectivity index (χ4n) is 1.83. The number of nitrogens with zero attached hydrogens (tertiary/aromatic N) is 1. The molecule has 0 aliphatic heterocycles. The molecular formula is C15H14ClNO4. The van der Waals surface area contributed by atoms with Crippen molar-refractivity contribution in [3.05, 3.63) is 62.7 Å². The molecule has 21 heavy (non-hydrogen) atoms. The number of hydrogen-bond donors (Lipinski definition) is 1. The average Bonchev–Trinajstić information content (AvgIpc) is 2.43. The van der Waals surface area contributed by atoms with E-state index in [-0.39, 0.29) is 11.4 Å². The topological polar surface area (TPSA) is 72.6 Å². The molecule has 110 valence electrons. The van der Waals surface area contributed by atoms with Gasteiger partial charge in [0.05, 0.1) is 11.0 Å². The fraction of sp³-hybridized carbons (Fsp3) is 0.200. The van der Waals surface area contributed by atoms with Crippen LogP contribution in [-0.4, -0.2) is 10.0 Å². The van der Waals surface area contributed by atoms with Crippen LogP contribution in [0, 0.1) is 17.0 Å². The molecule has 0 spiro atoms. The minimum Gasteiger partial charge on any atom is -0.450 e. The molecule has 6 heteroatoms. The Balaban J connectivity index is 2.39. The smallest absolute Gasteiger partial charge is 0.311 e.